The van der Waals surface area contributed by atoms with Gasteiger partial charge in [0.25, 0.3) is 0 Å². The van der Waals surface area contributed by atoms with Crippen molar-refractivity contribution < 1.29 is 0 Å². The van der Waals surface area contributed by atoms with Crippen molar-refractivity contribution in [2.45, 2.75) is 38.9 Å². The lowest BCUT2D eigenvalue weighted by molar-refractivity contribution is 0.245. The average molecular weight is 287 g/mol. The van der Waals surface area contributed by atoms with Crippen LogP contribution in [-0.4, -0.2) is 22.5 Å². The average Bonchev–Trinajstić information content (AvgIpc) is 3.18. The van der Waals surface area contributed by atoms with E-state index in [0.717, 1.165) is 37.2 Å². The fourth-order valence-electron chi connectivity index (χ4n) is 2.41. The van der Waals surface area contributed by atoms with E-state index in [2.05, 4.69) is 46.8 Å². The zero-order chi connectivity index (χ0) is 13.8. The molecule has 0 aliphatic heterocycles. The van der Waals surface area contributed by atoms with Crippen molar-refractivity contribution in [3.05, 3.63) is 46.3 Å². The molecule has 2 heterocycles. The number of rotatable bonds is 7. The molecule has 0 bridgehead atoms. The van der Waals surface area contributed by atoms with E-state index in [1.165, 1.54) is 17.7 Å². The smallest absolute Gasteiger partial charge is 0.126 e. The highest BCUT2D eigenvalue weighted by Gasteiger charge is 2.29. The quantitative estimate of drug-likeness (QED) is 0.841. The Morgan fingerprint density at radius 1 is 1.25 bits per heavy atom. The van der Waals surface area contributed by atoms with Crippen LogP contribution < -0.4 is 5.32 Å². The van der Waals surface area contributed by atoms with E-state index in [4.69, 9.17) is 4.98 Å². The molecule has 3 rings (SSSR count). The highest BCUT2D eigenvalue weighted by atomic mass is 32.1. The standard InChI is InChI=1S/C16H21N3S/c1-2-17-16-7-3-5-13(18-16)11-19(14-8-9-14)12-15-6-4-10-20-15/h3-7,10,14H,2,8-9,11-12H2,1H3,(H,17,18). The minimum absolute atomic E-state index is 0.752. The van der Waals surface area contributed by atoms with Gasteiger partial charge >= 0.3 is 0 Å². The topological polar surface area (TPSA) is 28.2 Å². The van der Waals surface area contributed by atoms with Gasteiger partial charge in [0.15, 0.2) is 0 Å². The van der Waals surface area contributed by atoms with Crippen molar-refractivity contribution in [1.82, 2.24) is 9.88 Å². The second-order valence-corrected chi connectivity index (χ2v) is 6.29. The number of hydrogen-bond acceptors (Lipinski definition) is 4. The summed E-state index contributed by atoms with van der Waals surface area (Å²) in [6, 6.07) is 11.4. The Morgan fingerprint density at radius 2 is 2.15 bits per heavy atom. The lowest BCUT2D eigenvalue weighted by atomic mass is 10.3. The van der Waals surface area contributed by atoms with Gasteiger partial charge in [-0.1, -0.05) is 12.1 Å². The zero-order valence-electron chi connectivity index (χ0n) is 11.9. The van der Waals surface area contributed by atoms with E-state index in [-0.39, 0.29) is 0 Å². The molecule has 0 spiro atoms. The minimum atomic E-state index is 0.752. The summed E-state index contributed by atoms with van der Waals surface area (Å²) in [5.74, 6) is 0.983. The summed E-state index contributed by atoms with van der Waals surface area (Å²) < 4.78 is 0. The maximum atomic E-state index is 4.69. The van der Waals surface area contributed by atoms with Crippen molar-refractivity contribution >= 4 is 17.2 Å². The molecular formula is C16H21N3S. The van der Waals surface area contributed by atoms with Gasteiger partial charge in [-0.3, -0.25) is 4.90 Å². The molecule has 1 fully saturated rings. The van der Waals surface area contributed by atoms with Crippen molar-refractivity contribution in [1.29, 1.82) is 0 Å². The van der Waals surface area contributed by atoms with Crippen LogP contribution in [0.3, 0.4) is 0 Å². The summed E-state index contributed by atoms with van der Waals surface area (Å²) in [5, 5.41) is 5.44. The van der Waals surface area contributed by atoms with E-state index in [0.29, 0.717) is 0 Å². The molecule has 4 heteroatoms. The second kappa shape index (κ2) is 6.37. The number of hydrogen-bond donors (Lipinski definition) is 1. The van der Waals surface area contributed by atoms with E-state index >= 15 is 0 Å². The van der Waals surface area contributed by atoms with Crippen LogP contribution in [0.1, 0.15) is 30.3 Å². The van der Waals surface area contributed by atoms with Crippen molar-refractivity contribution in [2.24, 2.45) is 0 Å². The van der Waals surface area contributed by atoms with Crippen LogP contribution in [0.4, 0.5) is 5.82 Å². The van der Waals surface area contributed by atoms with Gasteiger partial charge in [-0.25, -0.2) is 4.98 Å². The SMILES string of the molecule is CCNc1cccc(CN(Cc2cccs2)C2CC2)n1. The molecule has 0 aromatic carbocycles. The Kier molecular flexibility index (Phi) is 4.33. The predicted octanol–water partition coefficient (Wildman–Crippen LogP) is 3.74. The molecule has 106 valence electrons. The number of nitrogens with one attached hydrogen (secondary N) is 1. The number of anilines is 1. The van der Waals surface area contributed by atoms with Crippen LogP contribution in [0.15, 0.2) is 35.7 Å². The minimum Gasteiger partial charge on any atom is -0.370 e. The maximum absolute atomic E-state index is 4.69. The molecule has 1 saturated carbocycles. The normalized spacial score (nSPS) is 14.7. The Hall–Kier alpha value is -1.39. The van der Waals surface area contributed by atoms with Gasteiger partial charge in [-0.15, -0.1) is 11.3 Å². The third kappa shape index (κ3) is 3.58. The first kappa shape index (κ1) is 13.6. The first-order chi connectivity index (χ1) is 9.85. The van der Waals surface area contributed by atoms with E-state index in [9.17, 15) is 0 Å². The molecule has 1 aliphatic carbocycles. The Bertz CT molecular complexity index is 534. The summed E-state index contributed by atoms with van der Waals surface area (Å²) in [5.41, 5.74) is 1.16. The molecule has 2 aromatic heterocycles. The predicted molar refractivity (Wildman–Crippen MR) is 85.0 cm³/mol. The number of nitrogens with zero attached hydrogens (tertiary/aromatic N) is 2. The van der Waals surface area contributed by atoms with E-state index in [1.54, 1.807) is 0 Å². The van der Waals surface area contributed by atoms with Crippen LogP contribution in [0.25, 0.3) is 0 Å². The zero-order valence-corrected chi connectivity index (χ0v) is 12.7. The third-order valence-corrected chi connectivity index (χ3v) is 4.39. The summed E-state index contributed by atoms with van der Waals surface area (Å²) in [4.78, 5) is 8.70. The molecule has 20 heavy (non-hydrogen) atoms. The number of aromatic nitrogens is 1. The van der Waals surface area contributed by atoms with Gasteiger partial charge < -0.3 is 5.32 Å². The van der Waals surface area contributed by atoms with Gasteiger partial charge in [0.05, 0.1) is 5.69 Å². The van der Waals surface area contributed by atoms with Gasteiger partial charge in [0.2, 0.25) is 0 Å². The van der Waals surface area contributed by atoms with Gasteiger partial charge in [0.1, 0.15) is 5.82 Å². The molecule has 0 unspecified atom stereocenters. The molecule has 3 nitrogen and oxygen atoms in total. The fourth-order valence-corrected chi connectivity index (χ4v) is 3.14. The lowest BCUT2D eigenvalue weighted by Gasteiger charge is -2.21. The molecule has 1 N–H and O–H groups in total. The highest BCUT2D eigenvalue weighted by Crippen LogP contribution is 2.30. The first-order valence-corrected chi connectivity index (χ1v) is 8.19. The van der Waals surface area contributed by atoms with Crippen LogP contribution >= 0.6 is 11.3 Å². The highest BCUT2D eigenvalue weighted by molar-refractivity contribution is 7.09. The largest absolute Gasteiger partial charge is 0.370 e. The van der Waals surface area contributed by atoms with Crippen LogP contribution in [0.2, 0.25) is 0 Å². The number of pyridine rings is 1. The van der Waals surface area contributed by atoms with Gasteiger partial charge in [0, 0.05) is 30.6 Å². The summed E-state index contributed by atoms with van der Waals surface area (Å²) >= 11 is 1.84. The van der Waals surface area contributed by atoms with Crippen molar-refractivity contribution in [3.63, 3.8) is 0 Å². The van der Waals surface area contributed by atoms with Crippen molar-refractivity contribution in [2.75, 3.05) is 11.9 Å². The monoisotopic (exact) mass is 287 g/mol. The van der Waals surface area contributed by atoms with E-state index < -0.39 is 0 Å². The Labute approximate surface area is 124 Å². The summed E-state index contributed by atoms with van der Waals surface area (Å²) in [7, 11) is 0. The Morgan fingerprint density at radius 3 is 2.85 bits per heavy atom. The molecule has 0 radical (unpaired) electrons. The summed E-state index contributed by atoms with van der Waals surface area (Å²) in [6.07, 6.45) is 2.66. The molecule has 0 atom stereocenters. The molecular weight excluding hydrogens is 266 g/mol. The lowest BCUT2D eigenvalue weighted by Crippen LogP contribution is -2.25. The van der Waals surface area contributed by atoms with Crippen LogP contribution in [0, 0.1) is 0 Å². The second-order valence-electron chi connectivity index (χ2n) is 5.26. The number of thiophene rings is 1. The molecule has 0 amide bonds. The first-order valence-electron chi connectivity index (χ1n) is 7.31. The Balaban J connectivity index is 1.68. The molecule has 1 aliphatic rings. The van der Waals surface area contributed by atoms with Crippen molar-refractivity contribution in [3.8, 4) is 0 Å². The summed E-state index contributed by atoms with van der Waals surface area (Å²) in [6.45, 7) is 5.01. The van der Waals surface area contributed by atoms with Crippen LogP contribution in [-0.2, 0) is 13.1 Å². The van der Waals surface area contributed by atoms with Gasteiger partial charge in [-0.2, -0.15) is 0 Å². The van der Waals surface area contributed by atoms with E-state index in [1.807, 2.05) is 17.4 Å². The fraction of sp³-hybridized carbons (Fsp3) is 0.438. The maximum Gasteiger partial charge on any atom is 0.126 e. The molecule has 2 aromatic rings. The third-order valence-electron chi connectivity index (χ3n) is 3.53. The van der Waals surface area contributed by atoms with Gasteiger partial charge in [-0.05, 0) is 43.3 Å². The van der Waals surface area contributed by atoms with Crippen LogP contribution in [0.5, 0.6) is 0 Å². The molecule has 0 saturated heterocycles.